The highest BCUT2D eigenvalue weighted by Crippen LogP contribution is 2.27. The van der Waals surface area contributed by atoms with Crippen LogP contribution in [0, 0.1) is 0 Å². The Morgan fingerprint density at radius 1 is 0.625 bits per heavy atom. The van der Waals surface area contributed by atoms with Gasteiger partial charge in [0.05, 0.1) is 26.4 Å². The van der Waals surface area contributed by atoms with Crippen LogP contribution >= 0.6 is 0 Å². The zero-order valence-electron chi connectivity index (χ0n) is 18.3. The zero-order valence-corrected chi connectivity index (χ0v) is 18.3. The molecule has 0 aromatic heterocycles. The van der Waals surface area contributed by atoms with Gasteiger partial charge in [-0.1, -0.05) is 91.0 Å². The summed E-state index contributed by atoms with van der Waals surface area (Å²) in [4.78, 5) is 0. The highest BCUT2D eigenvalue weighted by molar-refractivity contribution is 5.15. The molecule has 5 nitrogen and oxygen atoms in total. The first kappa shape index (κ1) is 22.6. The molecule has 1 aliphatic rings. The fourth-order valence-corrected chi connectivity index (χ4v) is 3.78. The maximum absolute atomic E-state index is 6.39. The Labute approximate surface area is 189 Å². The van der Waals surface area contributed by atoms with E-state index in [1.165, 1.54) is 0 Å². The van der Waals surface area contributed by atoms with Gasteiger partial charge in [-0.25, -0.2) is 0 Å². The molecular weight excluding hydrogens is 404 g/mol. The van der Waals surface area contributed by atoms with Crippen LogP contribution in [0.4, 0.5) is 0 Å². The molecule has 0 aliphatic carbocycles. The maximum Gasteiger partial charge on any atom is 0.186 e. The summed E-state index contributed by atoms with van der Waals surface area (Å²) in [5.41, 5.74) is 3.28. The first-order valence-electron chi connectivity index (χ1n) is 10.9. The van der Waals surface area contributed by atoms with Crippen molar-refractivity contribution in [3.05, 3.63) is 108 Å². The Kier molecular flexibility index (Phi) is 8.42. The second kappa shape index (κ2) is 11.9. The SMILES string of the molecule is CO[C@@H]1OC[C@@H](OCc2ccccc2)[C@@H](OCc2ccccc2)[C@H]1OCc1ccccc1. The van der Waals surface area contributed by atoms with Gasteiger partial charge < -0.3 is 23.7 Å². The molecule has 32 heavy (non-hydrogen) atoms. The summed E-state index contributed by atoms with van der Waals surface area (Å²) in [6.45, 7) is 1.74. The van der Waals surface area contributed by atoms with Gasteiger partial charge in [0.15, 0.2) is 6.29 Å². The summed E-state index contributed by atoms with van der Waals surface area (Å²) in [5.74, 6) is 0. The van der Waals surface area contributed by atoms with Crippen molar-refractivity contribution in [1.82, 2.24) is 0 Å². The van der Waals surface area contributed by atoms with Gasteiger partial charge in [-0.2, -0.15) is 0 Å². The monoisotopic (exact) mass is 434 g/mol. The minimum Gasteiger partial charge on any atom is -0.368 e. The van der Waals surface area contributed by atoms with Gasteiger partial charge in [-0.15, -0.1) is 0 Å². The summed E-state index contributed by atoms with van der Waals surface area (Å²) in [7, 11) is 1.63. The van der Waals surface area contributed by atoms with Crippen molar-refractivity contribution < 1.29 is 23.7 Å². The smallest absolute Gasteiger partial charge is 0.186 e. The average Bonchev–Trinajstić information content (AvgIpc) is 2.87. The largest absolute Gasteiger partial charge is 0.368 e. The van der Waals surface area contributed by atoms with Gasteiger partial charge in [0.1, 0.15) is 18.3 Å². The van der Waals surface area contributed by atoms with Gasteiger partial charge in [-0.3, -0.25) is 0 Å². The highest BCUT2D eigenvalue weighted by Gasteiger charge is 2.43. The standard InChI is InChI=1S/C27H30O5/c1-28-27-26(31-19-23-15-9-4-10-16-23)25(30-18-22-13-7-3-8-14-22)24(20-32-27)29-17-21-11-5-2-6-12-21/h2-16,24-27H,17-20H2,1H3/t24-,25-,26-,27-/m1/s1. The molecule has 4 rings (SSSR count). The van der Waals surface area contributed by atoms with Crippen molar-refractivity contribution in [2.75, 3.05) is 13.7 Å². The number of methoxy groups -OCH3 is 1. The number of hydrogen-bond donors (Lipinski definition) is 0. The van der Waals surface area contributed by atoms with Crippen LogP contribution in [0.5, 0.6) is 0 Å². The minimum atomic E-state index is -0.531. The fraction of sp³-hybridized carbons (Fsp3) is 0.333. The Bertz CT molecular complexity index is 903. The van der Waals surface area contributed by atoms with Crippen molar-refractivity contribution in [3.8, 4) is 0 Å². The van der Waals surface area contributed by atoms with Gasteiger partial charge in [-0.05, 0) is 16.7 Å². The van der Waals surface area contributed by atoms with Crippen LogP contribution in [0.3, 0.4) is 0 Å². The third-order valence-electron chi connectivity index (χ3n) is 5.49. The van der Waals surface area contributed by atoms with E-state index in [4.69, 9.17) is 23.7 Å². The molecule has 0 spiro atoms. The molecular formula is C27H30O5. The van der Waals surface area contributed by atoms with Crippen LogP contribution in [-0.4, -0.2) is 38.3 Å². The van der Waals surface area contributed by atoms with E-state index in [1.807, 2.05) is 91.0 Å². The molecule has 0 radical (unpaired) electrons. The van der Waals surface area contributed by atoms with Gasteiger partial charge in [0, 0.05) is 7.11 Å². The molecule has 3 aromatic rings. The molecule has 1 heterocycles. The second-order valence-corrected chi connectivity index (χ2v) is 7.79. The number of benzene rings is 3. The number of ether oxygens (including phenoxy) is 5. The predicted octanol–water partition coefficient (Wildman–Crippen LogP) is 4.75. The van der Waals surface area contributed by atoms with Crippen LogP contribution in [0.25, 0.3) is 0 Å². The van der Waals surface area contributed by atoms with Crippen molar-refractivity contribution in [2.24, 2.45) is 0 Å². The summed E-state index contributed by atoms with van der Waals surface area (Å²) < 4.78 is 30.5. The zero-order chi connectivity index (χ0) is 22.0. The van der Waals surface area contributed by atoms with E-state index in [9.17, 15) is 0 Å². The van der Waals surface area contributed by atoms with Crippen molar-refractivity contribution in [3.63, 3.8) is 0 Å². The van der Waals surface area contributed by atoms with Gasteiger partial charge in [0.2, 0.25) is 0 Å². The molecule has 0 unspecified atom stereocenters. The number of rotatable bonds is 10. The van der Waals surface area contributed by atoms with Crippen molar-refractivity contribution >= 4 is 0 Å². The van der Waals surface area contributed by atoms with Crippen molar-refractivity contribution in [1.29, 1.82) is 0 Å². The third-order valence-corrected chi connectivity index (χ3v) is 5.49. The molecule has 0 bridgehead atoms. The van der Waals surface area contributed by atoms with Crippen LogP contribution in [0.15, 0.2) is 91.0 Å². The predicted molar refractivity (Wildman–Crippen MR) is 122 cm³/mol. The molecule has 1 saturated heterocycles. The molecule has 0 N–H and O–H groups in total. The van der Waals surface area contributed by atoms with Gasteiger partial charge >= 0.3 is 0 Å². The van der Waals surface area contributed by atoms with E-state index in [1.54, 1.807) is 7.11 Å². The molecule has 5 heteroatoms. The quantitative estimate of drug-likeness (QED) is 0.461. The Morgan fingerprint density at radius 2 is 1.06 bits per heavy atom. The van der Waals surface area contributed by atoms with Crippen LogP contribution in [0.2, 0.25) is 0 Å². The van der Waals surface area contributed by atoms with E-state index in [0.29, 0.717) is 26.4 Å². The molecule has 168 valence electrons. The fourth-order valence-electron chi connectivity index (χ4n) is 3.78. The Balaban J connectivity index is 1.49. The van der Waals surface area contributed by atoms with E-state index in [2.05, 4.69) is 0 Å². The van der Waals surface area contributed by atoms with Crippen molar-refractivity contribution in [2.45, 2.75) is 44.4 Å². The Morgan fingerprint density at radius 3 is 1.53 bits per heavy atom. The summed E-state index contributed by atoms with van der Waals surface area (Å²) in [5, 5.41) is 0. The van der Waals surface area contributed by atoms with Gasteiger partial charge in [0.25, 0.3) is 0 Å². The molecule has 3 aromatic carbocycles. The minimum absolute atomic E-state index is 0.286. The second-order valence-electron chi connectivity index (χ2n) is 7.79. The van der Waals surface area contributed by atoms with Crippen LogP contribution in [0.1, 0.15) is 16.7 Å². The molecule has 0 saturated carbocycles. The Hall–Kier alpha value is -2.54. The topological polar surface area (TPSA) is 46.2 Å². The lowest BCUT2D eigenvalue weighted by Crippen LogP contribution is -2.56. The highest BCUT2D eigenvalue weighted by atomic mass is 16.7. The van der Waals surface area contributed by atoms with Crippen LogP contribution < -0.4 is 0 Å². The lowest BCUT2D eigenvalue weighted by atomic mass is 10.0. The average molecular weight is 435 g/mol. The molecule has 1 fully saturated rings. The van der Waals surface area contributed by atoms with E-state index >= 15 is 0 Å². The van der Waals surface area contributed by atoms with E-state index < -0.39 is 12.4 Å². The summed E-state index contributed by atoms with van der Waals surface area (Å²) in [6.07, 6.45) is -1.60. The lowest BCUT2D eigenvalue weighted by molar-refractivity contribution is -0.293. The first-order valence-corrected chi connectivity index (χ1v) is 10.9. The lowest BCUT2D eigenvalue weighted by Gasteiger charge is -2.41. The molecule has 1 aliphatic heterocycles. The van der Waals surface area contributed by atoms with Crippen LogP contribution in [-0.2, 0) is 43.5 Å². The van der Waals surface area contributed by atoms with E-state index in [0.717, 1.165) is 16.7 Å². The van der Waals surface area contributed by atoms with E-state index in [-0.39, 0.29) is 12.2 Å². The third kappa shape index (κ3) is 6.25. The first-order chi connectivity index (χ1) is 15.8. The molecule has 4 atom stereocenters. The maximum atomic E-state index is 6.39. The number of hydrogen-bond acceptors (Lipinski definition) is 5. The summed E-state index contributed by atoms with van der Waals surface area (Å²) in [6, 6.07) is 30.3. The summed E-state index contributed by atoms with van der Waals surface area (Å²) >= 11 is 0. The normalized spacial score (nSPS) is 23.2. The molecule has 0 amide bonds.